The van der Waals surface area contributed by atoms with Crippen LogP contribution in [0.5, 0.6) is 0 Å². The Bertz CT molecular complexity index is 568. The van der Waals surface area contributed by atoms with Gasteiger partial charge in [0.25, 0.3) is 0 Å². The minimum absolute atomic E-state index is 0.164. The molecule has 3 N–H and O–H groups in total. The zero-order chi connectivity index (χ0) is 16.4. The van der Waals surface area contributed by atoms with E-state index in [1.165, 1.54) is 13.0 Å². The van der Waals surface area contributed by atoms with E-state index >= 15 is 0 Å². The molecule has 0 radical (unpaired) electrons. The van der Waals surface area contributed by atoms with Crippen LogP contribution < -0.4 is 10.6 Å². The Kier molecular flexibility index (Phi) is 4.88. The number of aliphatic carboxylic acids is 1. The Labute approximate surface area is 121 Å². The summed E-state index contributed by atoms with van der Waals surface area (Å²) in [6.45, 7) is 6.30. The van der Waals surface area contributed by atoms with E-state index in [9.17, 15) is 18.4 Å². The van der Waals surface area contributed by atoms with Crippen molar-refractivity contribution in [2.75, 3.05) is 5.32 Å². The van der Waals surface area contributed by atoms with Crippen LogP contribution in [0.4, 0.5) is 19.3 Å². The molecule has 0 heterocycles. The van der Waals surface area contributed by atoms with Crippen LogP contribution in [-0.4, -0.2) is 23.1 Å². The lowest BCUT2D eigenvalue weighted by atomic mass is 9.87. The molecule has 2 amide bonds. The second-order valence-corrected chi connectivity index (χ2v) is 5.79. The van der Waals surface area contributed by atoms with Gasteiger partial charge in [-0.15, -0.1) is 0 Å². The highest BCUT2D eigenvalue weighted by molar-refractivity contribution is 5.92. The summed E-state index contributed by atoms with van der Waals surface area (Å²) in [4.78, 5) is 22.9. The van der Waals surface area contributed by atoms with Crippen molar-refractivity contribution < 1.29 is 23.5 Å². The smallest absolute Gasteiger partial charge is 0.326 e. The van der Waals surface area contributed by atoms with Gasteiger partial charge in [0.05, 0.1) is 0 Å². The minimum atomic E-state index is -1.23. The van der Waals surface area contributed by atoms with Gasteiger partial charge in [0.15, 0.2) is 5.82 Å². The molecule has 0 saturated carbocycles. The number of amides is 2. The average molecular weight is 300 g/mol. The highest BCUT2D eigenvalue weighted by atomic mass is 19.1. The predicted molar refractivity (Wildman–Crippen MR) is 74.1 cm³/mol. The molecule has 1 rings (SSSR count). The molecule has 1 aromatic carbocycles. The molecule has 5 nitrogen and oxygen atoms in total. The molecule has 0 aliphatic carbocycles. The first-order chi connectivity index (χ1) is 9.54. The van der Waals surface area contributed by atoms with Gasteiger partial charge < -0.3 is 15.7 Å². The van der Waals surface area contributed by atoms with Crippen molar-refractivity contribution in [2.45, 2.75) is 33.7 Å². The fraction of sp³-hybridized carbons (Fsp3) is 0.429. The number of urea groups is 1. The number of carboxylic acids is 1. The summed E-state index contributed by atoms with van der Waals surface area (Å²) in [5.41, 5.74) is -1.20. The molecule has 1 aromatic rings. The second kappa shape index (κ2) is 6.07. The molecular weight excluding hydrogens is 282 g/mol. The lowest BCUT2D eigenvalue weighted by molar-refractivity contribution is -0.141. The van der Waals surface area contributed by atoms with Crippen molar-refractivity contribution in [2.24, 2.45) is 5.41 Å². The van der Waals surface area contributed by atoms with Gasteiger partial charge in [-0.2, -0.15) is 0 Å². The van der Waals surface area contributed by atoms with Gasteiger partial charge in [-0.25, -0.2) is 18.4 Å². The maximum Gasteiger partial charge on any atom is 0.326 e. The fourth-order valence-electron chi connectivity index (χ4n) is 1.70. The fourth-order valence-corrected chi connectivity index (χ4v) is 1.70. The number of halogens is 2. The van der Waals surface area contributed by atoms with E-state index in [-0.39, 0.29) is 5.56 Å². The Morgan fingerprint density at radius 3 is 2.29 bits per heavy atom. The summed E-state index contributed by atoms with van der Waals surface area (Å²) in [6, 6.07) is 0.0734. The number of nitrogens with one attached hydrogen (secondary N) is 2. The van der Waals surface area contributed by atoms with Crippen LogP contribution in [0.25, 0.3) is 0 Å². The molecule has 1 atom stereocenters. The summed E-state index contributed by atoms with van der Waals surface area (Å²) in [5, 5.41) is 13.3. The quantitative estimate of drug-likeness (QED) is 0.803. The number of carbonyl (C=O) groups is 2. The number of aryl methyl sites for hydroxylation is 1. The summed E-state index contributed by atoms with van der Waals surface area (Å²) in [5.74, 6) is -3.06. The maximum atomic E-state index is 13.8. The van der Waals surface area contributed by atoms with Crippen molar-refractivity contribution in [1.82, 2.24) is 5.32 Å². The zero-order valence-corrected chi connectivity index (χ0v) is 12.3. The lowest BCUT2D eigenvalue weighted by Crippen LogP contribution is -2.50. The standard InChI is InChI=1S/C14H18F2N2O3/c1-7-5-6-8(15)10(9(7)16)17-13(21)18-11(12(19)20)14(2,3)4/h5-6,11H,1-4H3,(H,19,20)(H2,17,18,21). The molecule has 0 bridgehead atoms. The average Bonchev–Trinajstić information content (AvgIpc) is 2.34. The summed E-state index contributed by atoms with van der Waals surface area (Å²) >= 11 is 0. The van der Waals surface area contributed by atoms with E-state index in [4.69, 9.17) is 5.11 Å². The summed E-state index contributed by atoms with van der Waals surface area (Å²) in [7, 11) is 0. The Morgan fingerprint density at radius 2 is 1.81 bits per heavy atom. The minimum Gasteiger partial charge on any atom is -0.480 e. The molecular formula is C14H18F2N2O3. The van der Waals surface area contributed by atoms with Crippen molar-refractivity contribution >= 4 is 17.7 Å². The molecule has 0 aromatic heterocycles. The van der Waals surface area contributed by atoms with E-state index in [1.54, 1.807) is 20.8 Å². The van der Waals surface area contributed by atoms with Crippen molar-refractivity contribution in [1.29, 1.82) is 0 Å². The third-order valence-corrected chi connectivity index (χ3v) is 2.91. The number of hydrogen-bond acceptors (Lipinski definition) is 2. The Morgan fingerprint density at radius 1 is 1.24 bits per heavy atom. The first-order valence-corrected chi connectivity index (χ1v) is 6.29. The molecule has 0 spiro atoms. The monoisotopic (exact) mass is 300 g/mol. The third-order valence-electron chi connectivity index (χ3n) is 2.91. The van der Waals surface area contributed by atoms with Crippen LogP contribution in [-0.2, 0) is 4.79 Å². The zero-order valence-electron chi connectivity index (χ0n) is 12.3. The second-order valence-electron chi connectivity index (χ2n) is 5.79. The van der Waals surface area contributed by atoms with Crippen molar-refractivity contribution in [3.05, 3.63) is 29.3 Å². The normalized spacial score (nSPS) is 12.7. The van der Waals surface area contributed by atoms with Gasteiger partial charge in [0.1, 0.15) is 17.5 Å². The van der Waals surface area contributed by atoms with Gasteiger partial charge in [0.2, 0.25) is 0 Å². The van der Waals surface area contributed by atoms with Gasteiger partial charge in [-0.05, 0) is 24.0 Å². The largest absolute Gasteiger partial charge is 0.480 e. The number of rotatable bonds is 3. The highest BCUT2D eigenvalue weighted by Crippen LogP contribution is 2.23. The van der Waals surface area contributed by atoms with Crippen LogP contribution in [0.3, 0.4) is 0 Å². The van der Waals surface area contributed by atoms with Gasteiger partial charge in [-0.3, -0.25) is 0 Å². The van der Waals surface area contributed by atoms with Crippen LogP contribution in [0, 0.1) is 24.0 Å². The number of hydrogen-bond donors (Lipinski definition) is 3. The third kappa shape index (κ3) is 4.14. The molecule has 21 heavy (non-hydrogen) atoms. The number of carboxylic acid groups (broad SMARTS) is 1. The molecule has 1 unspecified atom stereocenters. The van der Waals surface area contributed by atoms with Crippen molar-refractivity contribution in [3.63, 3.8) is 0 Å². The molecule has 0 saturated heterocycles. The van der Waals surface area contributed by atoms with Gasteiger partial charge in [0, 0.05) is 0 Å². The topological polar surface area (TPSA) is 78.4 Å². The summed E-state index contributed by atoms with van der Waals surface area (Å²) in [6.07, 6.45) is 0. The predicted octanol–water partition coefficient (Wildman–Crippen LogP) is 2.89. The first-order valence-electron chi connectivity index (χ1n) is 6.29. The van der Waals surface area contributed by atoms with Crippen LogP contribution in [0.15, 0.2) is 12.1 Å². The molecule has 0 aliphatic heterocycles. The van der Waals surface area contributed by atoms with Crippen LogP contribution in [0.2, 0.25) is 0 Å². The Balaban J connectivity index is 2.92. The van der Waals surface area contributed by atoms with E-state index in [2.05, 4.69) is 5.32 Å². The maximum absolute atomic E-state index is 13.8. The first kappa shape index (κ1) is 16.9. The summed E-state index contributed by atoms with van der Waals surface area (Å²) < 4.78 is 27.3. The van der Waals surface area contributed by atoms with Gasteiger partial charge >= 0.3 is 12.0 Å². The number of benzene rings is 1. The molecule has 0 fully saturated rings. The number of anilines is 1. The lowest BCUT2D eigenvalue weighted by Gasteiger charge is -2.27. The van der Waals surface area contributed by atoms with E-state index in [1.807, 2.05) is 5.32 Å². The highest BCUT2D eigenvalue weighted by Gasteiger charge is 2.32. The van der Waals surface area contributed by atoms with E-state index in [0.717, 1.165) is 6.07 Å². The van der Waals surface area contributed by atoms with E-state index in [0.29, 0.717) is 0 Å². The number of carbonyl (C=O) groups excluding carboxylic acids is 1. The van der Waals surface area contributed by atoms with Crippen molar-refractivity contribution in [3.8, 4) is 0 Å². The molecule has 0 aliphatic rings. The Hall–Kier alpha value is -2.18. The SMILES string of the molecule is Cc1ccc(F)c(NC(=O)NC(C(=O)O)C(C)(C)C)c1F. The van der Waals surface area contributed by atoms with Crippen LogP contribution in [0.1, 0.15) is 26.3 Å². The van der Waals surface area contributed by atoms with Gasteiger partial charge in [-0.1, -0.05) is 26.8 Å². The van der Waals surface area contributed by atoms with Crippen LogP contribution >= 0.6 is 0 Å². The van der Waals surface area contributed by atoms with E-state index < -0.39 is 40.8 Å². The molecule has 7 heteroatoms. The molecule has 116 valence electrons.